The average molecular weight is 380 g/mol. The van der Waals surface area contributed by atoms with Crippen molar-refractivity contribution in [2.45, 2.75) is 49.7 Å². The summed E-state index contributed by atoms with van der Waals surface area (Å²) in [6.07, 6.45) is 1.87. The van der Waals surface area contributed by atoms with Crippen molar-refractivity contribution in [3.05, 3.63) is 40.1 Å². The van der Waals surface area contributed by atoms with Crippen LogP contribution in [-0.4, -0.2) is 38.6 Å². The number of amides is 1. The SMILES string of the molecule is Cc1ccc(NC(=O)[C@@H](C)Sc2n[nH]c(=O)n2C[C@@H]2CCCO2)cc1F. The monoisotopic (exact) mass is 380 g/mol. The van der Waals surface area contributed by atoms with Crippen molar-refractivity contribution in [3.63, 3.8) is 0 Å². The van der Waals surface area contributed by atoms with E-state index in [2.05, 4.69) is 15.5 Å². The number of aryl methyl sites for hydroxylation is 1. The number of nitrogens with zero attached hydrogens (tertiary/aromatic N) is 2. The Labute approximate surface area is 154 Å². The quantitative estimate of drug-likeness (QED) is 0.751. The van der Waals surface area contributed by atoms with Crippen LogP contribution in [0.2, 0.25) is 0 Å². The zero-order valence-corrected chi connectivity index (χ0v) is 15.4. The predicted molar refractivity (Wildman–Crippen MR) is 96.9 cm³/mol. The van der Waals surface area contributed by atoms with E-state index in [1.165, 1.54) is 22.4 Å². The first kappa shape index (κ1) is 18.7. The van der Waals surface area contributed by atoms with E-state index in [0.717, 1.165) is 12.8 Å². The third-order valence-corrected chi connectivity index (χ3v) is 5.31. The van der Waals surface area contributed by atoms with Crippen LogP contribution in [0.25, 0.3) is 0 Å². The van der Waals surface area contributed by atoms with E-state index in [4.69, 9.17) is 4.74 Å². The van der Waals surface area contributed by atoms with Crippen LogP contribution in [0, 0.1) is 12.7 Å². The Balaban J connectivity index is 1.65. The number of ether oxygens (including phenoxy) is 1. The normalized spacial score (nSPS) is 18.0. The molecule has 0 bridgehead atoms. The van der Waals surface area contributed by atoms with Gasteiger partial charge in [0.05, 0.1) is 17.9 Å². The molecule has 1 amide bonds. The lowest BCUT2D eigenvalue weighted by Gasteiger charge is -2.14. The molecule has 140 valence electrons. The van der Waals surface area contributed by atoms with Crippen LogP contribution in [0.4, 0.5) is 10.1 Å². The molecule has 0 saturated carbocycles. The lowest BCUT2D eigenvalue weighted by Crippen LogP contribution is -2.27. The summed E-state index contributed by atoms with van der Waals surface area (Å²) in [5, 5.41) is 9.02. The van der Waals surface area contributed by atoms with Gasteiger partial charge >= 0.3 is 5.69 Å². The number of halogens is 1. The Morgan fingerprint density at radius 1 is 1.58 bits per heavy atom. The third-order valence-electron chi connectivity index (χ3n) is 4.22. The van der Waals surface area contributed by atoms with E-state index < -0.39 is 5.25 Å². The molecule has 1 aromatic heterocycles. The van der Waals surface area contributed by atoms with Crippen molar-refractivity contribution >= 4 is 23.4 Å². The second-order valence-electron chi connectivity index (χ2n) is 6.27. The molecule has 2 N–H and O–H groups in total. The van der Waals surface area contributed by atoms with E-state index in [1.807, 2.05) is 0 Å². The summed E-state index contributed by atoms with van der Waals surface area (Å²) in [4.78, 5) is 24.3. The largest absolute Gasteiger partial charge is 0.376 e. The summed E-state index contributed by atoms with van der Waals surface area (Å²) >= 11 is 1.17. The second kappa shape index (κ2) is 8.05. The lowest BCUT2D eigenvalue weighted by molar-refractivity contribution is -0.115. The minimum atomic E-state index is -0.516. The van der Waals surface area contributed by atoms with Crippen molar-refractivity contribution in [3.8, 4) is 0 Å². The molecule has 0 unspecified atom stereocenters. The number of hydrogen-bond acceptors (Lipinski definition) is 5. The highest BCUT2D eigenvalue weighted by Gasteiger charge is 2.23. The second-order valence-corrected chi connectivity index (χ2v) is 7.58. The molecular weight excluding hydrogens is 359 g/mol. The first-order valence-electron chi connectivity index (χ1n) is 8.44. The summed E-state index contributed by atoms with van der Waals surface area (Å²) in [6, 6.07) is 4.54. The molecule has 1 saturated heterocycles. The number of anilines is 1. The summed E-state index contributed by atoms with van der Waals surface area (Å²) in [7, 11) is 0. The van der Waals surface area contributed by atoms with Crippen molar-refractivity contribution in [1.82, 2.24) is 14.8 Å². The summed E-state index contributed by atoms with van der Waals surface area (Å²) < 4.78 is 20.7. The van der Waals surface area contributed by atoms with E-state index >= 15 is 0 Å². The molecule has 0 aliphatic carbocycles. The highest BCUT2D eigenvalue weighted by molar-refractivity contribution is 8.00. The van der Waals surface area contributed by atoms with Gasteiger partial charge in [0.1, 0.15) is 5.82 Å². The lowest BCUT2D eigenvalue weighted by atomic mass is 10.2. The van der Waals surface area contributed by atoms with Crippen LogP contribution in [0.3, 0.4) is 0 Å². The molecule has 1 aliphatic rings. The standard InChI is InChI=1S/C17H21FN4O3S/c1-10-5-6-12(8-14(10)18)19-15(23)11(2)26-17-21-20-16(24)22(17)9-13-4-3-7-25-13/h5-6,8,11,13H,3-4,7,9H2,1-2H3,(H,19,23)(H,20,24)/t11-,13+/m1/s1. The molecule has 26 heavy (non-hydrogen) atoms. The van der Waals surface area contributed by atoms with Gasteiger partial charge in [-0.3, -0.25) is 9.36 Å². The van der Waals surface area contributed by atoms with E-state index in [0.29, 0.717) is 29.6 Å². The zero-order valence-electron chi connectivity index (χ0n) is 14.6. The molecule has 0 spiro atoms. The van der Waals surface area contributed by atoms with Crippen LogP contribution >= 0.6 is 11.8 Å². The van der Waals surface area contributed by atoms with Crippen LogP contribution < -0.4 is 11.0 Å². The predicted octanol–water partition coefficient (Wildman–Crippen LogP) is 2.32. The van der Waals surface area contributed by atoms with Crippen LogP contribution in [-0.2, 0) is 16.1 Å². The number of H-pyrrole nitrogens is 1. The molecule has 2 heterocycles. The molecule has 2 aromatic rings. The molecule has 1 fully saturated rings. The Kier molecular flexibility index (Phi) is 5.77. The molecule has 1 aliphatic heterocycles. The van der Waals surface area contributed by atoms with Gasteiger partial charge in [0.2, 0.25) is 5.91 Å². The number of thioether (sulfide) groups is 1. The minimum absolute atomic E-state index is 0.00989. The van der Waals surface area contributed by atoms with Gasteiger partial charge in [0, 0.05) is 12.3 Å². The van der Waals surface area contributed by atoms with Gasteiger partial charge in [-0.15, -0.1) is 5.10 Å². The van der Waals surface area contributed by atoms with Crippen LogP contribution in [0.1, 0.15) is 25.3 Å². The van der Waals surface area contributed by atoms with E-state index in [1.54, 1.807) is 26.0 Å². The Bertz CT molecular complexity index is 845. The maximum absolute atomic E-state index is 13.6. The fourth-order valence-electron chi connectivity index (χ4n) is 2.67. The zero-order chi connectivity index (χ0) is 18.7. The van der Waals surface area contributed by atoms with Crippen molar-refractivity contribution in [2.75, 3.05) is 11.9 Å². The van der Waals surface area contributed by atoms with Gasteiger partial charge in [-0.1, -0.05) is 17.8 Å². The Morgan fingerprint density at radius 3 is 3.08 bits per heavy atom. The molecule has 7 nitrogen and oxygen atoms in total. The number of nitrogens with one attached hydrogen (secondary N) is 2. The first-order valence-corrected chi connectivity index (χ1v) is 9.32. The van der Waals surface area contributed by atoms with Crippen molar-refractivity contribution in [2.24, 2.45) is 0 Å². The number of rotatable bonds is 6. The molecule has 1 aromatic carbocycles. The third kappa shape index (κ3) is 4.34. The van der Waals surface area contributed by atoms with E-state index in [-0.39, 0.29) is 23.5 Å². The summed E-state index contributed by atoms with van der Waals surface area (Å²) in [6.45, 7) is 4.48. The fraction of sp³-hybridized carbons (Fsp3) is 0.471. The number of aromatic nitrogens is 3. The van der Waals surface area contributed by atoms with Gasteiger partial charge < -0.3 is 10.1 Å². The number of hydrogen-bond donors (Lipinski definition) is 2. The fourth-order valence-corrected chi connectivity index (χ4v) is 3.54. The maximum atomic E-state index is 13.6. The van der Waals surface area contributed by atoms with Gasteiger partial charge in [-0.25, -0.2) is 14.3 Å². The topological polar surface area (TPSA) is 89.0 Å². The minimum Gasteiger partial charge on any atom is -0.376 e. The molecule has 0 radical (unpaired) electrons. The van der Waals surface area contributed by atoms with Crippen molar-refractivity contribution < 1.29 is 13.9 Å². The highest BCUT2D eigenvalue weighted by Crippen LogP contribution is 2.23. The van der Waals surface area contributed by atoms with Crippen LogP contribution in [0.5, 0.6) is 0 Å². The van der Waals surface area contributed by atoms with Crippen molar-refractivity contribution in [1.29, 1.82) is 0 Å². The van der Waals surface area contributed by atoms with Gasteiger partial charge in [-0.2, -0.15) is 0 Å². The highest BCUT2D eigenvalue weighted by atomic mass is 32.2. The first-order chi connectivity index (χ1) is 12.4. The maximum Gasteiger partial charge on any atom is 0.344 e. The van der Waals surface area contributed by atoms with Gasteiger partial charge in [0.15, 0.2) is 5.16 Å². The number of aromatic amines is 1. The molecule has 9 heteroatoms. The molecular formula is C17H21FN4O3S. The van der Waals surface area contributed by atoms with Gasteiger partial charge in [0.25, 0.3) is 0 Å². The summed E-state index contributed by atoms with van der Waals surface area (Å²) in [5.41, 5.74) is 0.584. The summed E-state index contributed by atoms with van der Waals surface area (Å²) in [5.74, 6) is -0.668. The van der Waals surface area contributed by atoms with Crippen LogP contribution in [0.15, 0.2) is 28.2 Å². The number of benzene rings is 1. The smallest absolute Gasteiger partial charge is 0.344 e. The number of carbonyl (C=O) groups excluding carboxylic acids is 1. The Morgan fingerprint density at radius 2 is 2.38 bits per heavy atom. The van der Waals surface area contributed by atoms with Gasteiger partial charge in [-0.05, 0) is 44.4 Å². The number of carbonyl (C=O) groups is 1. The Hall–Kier alpha value is -2.13. The van der Waals surface area contributed by atoms with E-state index in [9.17, 15) is 14.0 Å². The molecule has 2 atom stereocenters. The molecule has 3 rings (SSSR count). The average Bonchev–Trinajstić information content (AvgIpc) is 3.23.